The zero-order chi connectivity index (χ0) is 11.8. The van der Waals surface area contributed by atoms with E-state index < -0.39 is 0 Å². The lowest BCUT2D eigenvalue weighted by Crippen LogP contribution is -1.93. The van der Waals surface area contributed by atoms with Crippen molar-refractivity contribution < 1.29 is 0 Å². The Labute approximate surface area is 103 Å². The van der Waals surface area contributed by atoms with Gasteiger partial charge in [-0.05, 0) is 40.3 Å². The van der Waals surface area contributed by atoms with Crippen molar-refractivity contribution in [2.45, 2.75) is 32.6 Å². The van der Waals surface area contributed by atoms with Crippen molar-refractivity contribution in [1.82, 2.24) is 0 Å². The lowest BCUT2D eigenvalue weighted by molar-refractivity contribution is 0.824. The Hall–Kier alpha value is -1.56. The van der Waals surface area contributed by atoms with Crippen LogP contribution in [0.25, 0.3) is 16.3 Å². The molecule has 0 fully saturated rings. The fourth-order valence-corrected chi connectivity index (χ4v) is 3.02. The fraction of sp³-hybridized carbons (Fsp3) is 0.294. The largest absolute Gasteiger partial charge is 0.0732 e. The van der Waals surface area contributed by atoms with E-state index in [1.165, 1.54) is 28.3 Å². The molecule has 1 unspecified atom stereocenters. The SMILES string of the molecule is CCC1=CC(CC)c2c1ccc1ccccc21. The van der Waals surface area contributed by atoms with Crippen molar-refractivity contribution in [3.8, 4) is 0 Å². The molecular formula is C17H18. The van der Waals surface area contributed by atoms with Crippen molar-refractivity contribution in [2.75, 3.05) is 0 Å². The highest BCUT2D eigenvalue weighted by Crippen LogP contribution is 2.42. The molecule has 0 radical (unpaired) electrons. The molecule has 0 bridgehead atoms. The van der Waals surface area contributed by atoms with E-state index in [-0.39, 0.29) is 0 Å². The van der Waals surface area contributed by atoms with E-state index >= 15 is 0 Å². The van der Waals surface area contributed by atoms with Gasteiger partial charge in [0.05, 0.1) is 0 Å². The molecule has 3 rings (SSSR count). The maximum atomic E-state index is 2.47. The third kappa shape index (κ3) is 1.51. The molecule has 0 N–H and O–H groups in total. The molecule has 2 aromatic carbocycles. The minimum atomic E-state index is 0.617. The predicted molar refractivity (Wildman–Crippen MR) is 75.2 cm³/mol. The molecule has 0 aromatic heterocycles. The highest BCUT2D eigenvalue weighted by molar-refractivity contribution is 5.93. The molecule has 86 valence electrons. The van der Waals surface area contributed by atoms with Gasteiger partial charge < -0.3 is 0 Å². The maximum Gasteiger partial charge on any atom is 0.00335 e. The van der Waals surface area contributed by atoms with E-state index in [9.17, 15) is 0 Å². The summed E-state index contributed by atoms with van der Waals surface area (Å²) in [6.45, 7) is 4.54. The van der Waals surface area contributed by atoms with Gasteiger partial charge >= 0.3 is 0 Å². The molecule has 0 amide bonds. The van der Waals surface area contributed by atoms with Crippen LogP contribution in [0.15, 0.2) is 42.5 Å². The van der Waals surface area contributed by atoms with Crippen LogP contribution in [0.2, 0.25) is 0 Å². The standard InChI is InChI=1S/C17H18/c1-3-12-11-13(4-2)17-15-8-6-5-7-14(15)9-10-16(12)17/h5-11,13H,3-4H2,1-2H3. The Balaban J connectivity index is 2.31. The van der Waals surface area contributed by atoms with Crippen molar-refractivity contribution >= 4 is 16.3 Å². The van der Waals surface area contributed by atoms with Gasteiger partial charge in [-0.25, -0.2) is 0 Å². The fourth-order valence-electron chi connectivity index (χ4n) is 3.02. The van der Waals surface area contributed by atoms with E-state index in [0.717, 1.165) is 6.42 Å². The first-order valence-corrected chi connectivity index (χ1v) is 6.57. The van der Waals surface area contributed by atoms with E-state index in [2.05, 4.69) is 56.3 Å². The van der Waals surface area contributed by atoms with Crippen molar-refractivity contribution in [1.29, 1.82) is 0 Å². The molecule has 0 spiro atoms. The van der Waals surface area contributed by atoms with Gasteiger partial charge in [0.2, 0.25) is 0 Å². The Morgan fingerprint density at radius 2 is 1.82 bits per heavy atom. The van der Waals surface area contributed by atoms with E-state index in [4.69, 9.17) is 0 Å². The first-order valence-electron chi connectivity index (χ1n) is 6.57. The summed E-state index contributed by atoms with van der Waals surface area (Å²) in [6.07, 6.45) is 4.81. The van der Waals surface area contributed by atoms with Crippen LogP contribution in [-0.2, 0) is 0 Å². The molecule has 2 aromatic rings. The number of rotatable bonds is 2. The van der Waals surface area contributed by atoms with Crippen molar-refractivity contribution in [3.63, 3.8) is 0 Å². The van der Waals surface area contributed by atoms with Gasteiger partial charge in [0.15, 0.2) is 0 Å². The molecule has 0 heterocycles. The monoisotopic (exact) mass is 222 g/mol. The number of benzene rings is 2. The number of hydrogen-bond acceptors (Lipinski definition) is 0. The zero-order valence-corrected chi connectivity index (χ0v) is 10.5. The third-order valence-electron chi connectivity index (χ3n) is 3.91. The Morgan fingerprint density at radius 1 is 1.00 bits per heavy atom. The van der Waals surface area contributed by atoms with Gasteiger partial charge in [0.1, 0.15) is 0 Å². The normalized spacial score (nSPS) is 18.2. The highest BCUT2D eigenvalue weighted by Gasteiger charge is 2.22. The van der Waals surface area contributed by atoms with Crippen LogP contribution in [0.1, 0.15) is 43.7 Å². The van der Waals surface area contributed by atoms with E-state index in [1.807, 2.05) is 0 Å². The molecule has 0 heteroatoms. The smallest absolute Gasteiger partial charge is 0.00335 e. The molecule has 0 aliphatic heterocycles. The second-order valence-electron chi connectivity index (χ2n) is 4.81. The summed E-state index contributed by atoms with van der Waals surface area (Å²) >= 11 is 0. The zero-order valence-electron chi connectivity index (χ0n) is 10.5. The Morgan fingerprint density at radius 3 is 2.59 bits per heavy atom. The Bertz CT molecular complexity index is 590. The second kappa shape index (κ2) is 4.03. The van der Waals surface area contributed by atoms with Gasteiger partial charge in [0, 0.05) is 5.92 Å². The molecule has 1 aliphatic rings. The summed E-state index contributed by atoms with van der Waals surface area (Å²) in [6, 6.07) is 13.3. The average molecular weight is 222 g/mol. The quantitative estimate of drug-likeness (QED) is 0.660. The first kappa shape index (κ1) is 10.6. The average Bonchev–Trinajstić information content (AvgIpc) is 2.77. The molecule has 0 saturated carbocycles. The summed E-state index contributed by atoms with van der Waals surface area (Å²) in [5, 5.41) is 2.81. The Kier molecular flexibility index (Phi) is 2.51. The van der Waals surface area contributed by atoms with Gasteiger partial charge in [-0.15, -0.1) is 0 Å². The van der Waals surface area contributed by atoms with Gasteiger partial charge in [-0.2, -0.15) is 0 Å². The molecule has 1 atom stereocenters. The summed E-state index contributed by atoms with van der Waals surface area (Å²) < 4.78 is 0. The van der Waals surface area contributed by atoms with Crippen LogP contribution in [0, 0.1) is 0 Å². The minimum Gasteiger partial charge on any atom is -0.0732 e. The number of allylic oxidation sites excluding steroid dienone is 2. The van der Waals surface area contributed by atoms with Crippen LogP contribution in [0.4, 0.5) is 0 Å². The van der Waals surface area contributed by atoms with Gasteiger partial charge in [0.25, 0.3) is 0 Å². The lowest BCUT2D eigenvalue weighted by atomic mass is 9.92. The van der Waals surface area contributed by atoms with Crippen LogP contribution in [0.3, 0.4) is 0 Å². The summed E-state index contributed by atoms with van der Waals surface area (Å²) in [5.41, 5.74) is 4.57. The minimum absolute atomic E-state index is 0.617. The summed E-state index contributed by atoms with van der Waals surface area (Å²) in [4.78, 5) is 0. The summed E-state index contributed by atoms with van der Waals surface area (Å²) in [7, 11) is 0. The van der Waals surface area contributed by atoms with Crippen LogP contribution < -0.4 is 0 Å². The lowest BCUT2D eigenvalue weighted by Gasteiger charge is -2.12. The topological polar surface area (TPSA) is 0 Å². The third-order valence-corrected chi connectivity index (χ3v) is 3.91. The van der Waals surface area contributed by atoms with Crippen LogP contribution >= 0.6 is 0 Å². The molecule has 1 aliphatic carbocycles. The summed E-state index contributed by atoms with van der Waals surface area (Å²) in [5.74, 6) is 0.617. The van der Waals surface area contributed by atoms with E-state index in [0.29, 0.717) is 5.92 Å². The highest BCUT2D eigenvalue weighted by atomic mass is 14.3. The van der Waals surface area contributed by atoms with Gasteiger partial charge in [-0.3, -0.25) is 0 Å². The van der Waals surface area contributed by atoms with Crippen molar-refractivity contribution in [2.24, 2.45) is 0 Å². The second-order valence-corrected chi connectivity index (χ2v) is 4.81. The van der Waals surface area contributed by atoms with Gasteiger partial charge in [-0.1, -0.05) is 56.3 Å². The molecule has 17 heavy (non-hydrogen) atoms. The molecule has 0 saturated heterocycles. The maximum absolute atomic E-state index is 2.47. The van der Waals surface area contributed by atoms with Crippen LogP contribution in [0.5, 0.6) is 0 Å². The van der Waals surface area contributed by atoms with E-state index in [1.54, 1.807) is 5.56 Å². The molecular weight excluding hydrogens is 204 g/mol. The van der Waals surface area contributed by atoms with Crippen LogP contribution in [-0.4, -0.2) is 0 Å². The first-order chi connectivity index (χ1) is 8.35. The predicted octanol–water partition coefficient (Wildman–Crippen LogP) is 5.14. The molecule has 0 nitrogen and oxygen atoms in total. The number of hydrogen-bond donors (Lipinski definition) is 0. The van der Waals surface area contributed by atoms with Crippen molar-refractivity contribution in [3.05, 3.63) is 53.6 Å². The number of fused-ring (bicyclic) bond motifs is 3.